The molecule has 0 atom stereocenters. The molecule has 1 amide bonds. The number of piperidine rings is 1. The number of hydrogen-bond acceptors (Lipinski definition) is 2. The van der Waals surface area contributed by atoms with Crippen LogP contribution in [0.3, 0.4) is 0 Å². The van der Waals surface area contributed by atoms with Crippen molar-refractivity contribution in [2.75, 3.05) is 0 Å². The molecule has 1 aliphatic heterocycles. The molecule has 1 saturated heterocycles. The van der Waals surface area contributed by atoms with E-state index >= 15 is 0 Å². The van der Waals surface area contributed by atoms with Gasteiger partial charge in [-0.3, -0.25) is 4.79 Å². The molecule has 2 fully saturated rings. The van der Waals surface area contributed by atoms with Crippen molar-refractivity contribution in [3.8, 4) is 0 Å². The van der Waals surface area contributed by atoms with Gasteiger partial charge in [0.1, 0.15) is 0 Å². The van der Waals surface area contributed by atoms with Gasteiger partial charge in [-0.2, -0.15) is 0 Å². The van der Waals surface area contributed by atoms with Crippen LogP contribution in [0, 0.1) is 0 Å². The number of carbonyl (C=O) groups excluding carboxylic acids is 1. The van der Waals surface area contributed by atoms with E-state index in [1.165, 1.54) is 25.7 Å². The Balaban J connectivity index is 2.12. The van der Waals surface area contributed by atoms with Gasteiger partial charge in [-0.05, 0) is 53.4 Å². The summed E-state index contributed by atoms with van der Waals surface area (Å²) in [4.78, 5) is 13.7. The molecule has 0 unspecified atom stereocenters. The Morgan fingerprint density at radius 3 is 1.94 bits per heavy atom. The van der Waals surface area contributed by atoms with Crippen LogP contribution in [0.1, 0.15) is 66.2 Å². The molecular weight excluding hydrogens is 224 g/mol. The Bertz CT molecular complexity index is 290. The largest absolute Gasteiger partial charge is 0.339 e. The van der Waals surface area contributed by atoms with Crippen molar-refractivity contribution in [3.05, 3.63) is 0 Å². The highest BCUT2D eigenvalue weighted by Crippen LogP contribution is 2.34. The predicted octanol–water partition coefficient (Wildman–Crippen LogP) is 2.70. The van der Waals surface area contributed by atoms with E-state index in [0.29, 0.717) is 12.1 Å². The Morgan fingerprint density at radius 2 is 1.50 bits per heavy atom. The molecule has 0 aromatic rings. The molecule has 2 aliphatic rings. The third kappa shape index (κ3) is 3.05. The standard InChI is InChI=1S/C15H28N2O/c1-14(2)9-13(10-15(3,4)16-14)17(11-18)12-7-5-6-8-12/h11-13,16H,5-10H2,1-4H3. The first-order valence-electron chi connectivity index (χ1n) is 7.35. The lowest BCUT2D eigenvalue weighted by Gasteiger charge is -2.50. The van der Waals surface area contributed by atoms with Crippen molar-refractivity contribution in [3.63, 3.8) is 0 Å². The van der Waals surface area contributed by atoms with E-state index in [2.05, 4.69) is 37.9 Å². The smallest absolute Gasteiger partial charge is 0.210 e. The first-order chi connectivity index (χ1) is 8.33. The number of nitrogens with zero attached hydrogens (tertiary/aromatic N) is 1. The maximum absolute atomic E-state index is 11.5. The molecule has 104 valence electrons. The molecule has 3 heteroatoms. The molecule has 3 nitrogen and oxygen atoms in total. The molecule has 1 saturated carbocycles. The zero-order valence-electron chi connectivity index (χ0n) is 12.3. The summed E-state index contributed by atoms with van der Waals surface area (Å²) < 4.78 is 0. The van der Waals surface area contributed by atoms with Crippen LogP contribution in [0.5, 0.6) is 0 Å². The van der Waals surface area contributed by atoms with E-state index in [0.717, 1.165) is 19.3 Å². The Morgan fingerprint density at radius 1 is 1.00 bits per heavy atom. The lowest BCUT2D eigenvalue weighted by molar-refractivity contribution is -0.124. The molecule has 0 radical (unpaired) electrons. The van der Waals surface area contributed by atoms with Gasteiger partial charge in [0.25, 0.3) is 0 Å². The van der Waals surface area contributed by atoms with Crippen molar-refractivity contribution in [2.45, 2.75) is 89.4 Å². The molecule has 0 bridgehead atoms. The molecule has 1 aliphatic carbocycles. The molecular formula is C15H28N2O. The van der Waals surface area contributed by atoms with Gasteiger partial charge in [-0.15, -0.1) is 0 Å². The average molecular weight is 252 g/mol. The molecule has 1 heterocycles. The summed E-state index contributed by atoms with van der Waals surface area (Å²) in [6.45, 7) is 8.99. The molecule has 0 aromatic heterocycles. The lowest BCUT2D eigenvalue weighted by Crippen LogP contribution is -2.62. The highest BCUT2D eigenvalue weighted by Gasteiger charge is 2.41. The van der Waals surface area contributed by atoms with E-state index in [9.17, 15) is 4.79 Å². The van der Waals surface area contributed by atoms with E-state index < -0.39 is 0 Å². The van der Waals surface area contributed by atoms with Gasteiger partial charge in [-0.1, -0.05) is 12.8 Å². The van der Waals surface area contributed by atoms with Crippen molar-refractivity contribution in [1.82, 2.24) is 10.2 Å². The van der Waals surface area contributed by atoms with Crippen LogP contribution in [0.2, 0.25) is 0 Å². The first kappa shape index (κ1) is 13.9. The number of hydrogen-bond donors (Lipinski definition) is 1. The summed E-state index contributed by atoms with van der Waals surface area (Å²) in [5.41, 5.74) is 0.235. The predicted molar refractivity (Wildman–Crippen MR) is 74.5 cm³/mol. The minimum absolute atomic E-state index is 0.117. The SMILES string of the molecule is CC1(C)CC(N(C=O)C2CCCC2)CC(C)(C)N1. The molecule has 1 N–H and O–H groups in total. The fourth-order valence-corrected chi connectivity index (χ4v) is 4.15. The quantitative estimate of drug-likeness (QED) is 0.783. The molecule has 18 heavy (non-hydrogen) atoms. The summed E-state index contributed by atoms with van der Waals surface area (Å²) in [6, 6.07) is 0.897. The van der Waals surface area contributed by atoms with E-state index in [1.54, 1.807) is 0 Å². The van der Waals surface area contributed by atoms with Gasteiger partial charge in [-0.25, -0.2) is 0 Å². The summed E-state index contributed by atoms with van der Waals surface area (Å²) in [5, 5.41) is 3.69. The van der Waals surface area contributed by atoms with Crippen LogP contribution in [0.25, 0.3) is 0 Å². The Kier molecular flexibility index (Phi) is 3.72. The maximum atomic E-state index is 11.5. The topological polar surface area (TPSA) is 32.3 Å². The fourth-order valence-electron chi connectivity index (χ4n) is 4.15. The second-order valence-electron chi connectivity index (χ2n) is 7.45. The van der Waals surface area contributed by atoms with Gasteiger partial charge < -0.3 is 10.2 Å². The number of rotatable bonds is 3. The zero-order valence-corrected chi connectivity index (χ0v) is 12.3. The van der Waals surface area contributed by atoms with Gasteiger partial charge in [0.05, 0.1) is 0 Å². The zero-order chi connectivity index (χ0) is 13.4. The third-order valence-electron chi connectivity index (χ3n) is 4.46. The van der Waals surface area contributed by atoms with Gasteiger partial charge in [0.15, 0.2) is 0 Å². The van der Waals surface area contributed by atoms with Crippen molar-refractivity contribution in [2.24, 2.45) is 0 Å². The molecule has 0 spiro atoms. The normalized spacial score (nSPS) is 28.2. The first-order valence-corrected chi connectivity index (χ1v) is 7.35. The van der Waals surface area contributed by atoms with E-state index in [1.807, 2.05) is 0 Å². The lowest BCUT2D eigenvalue weighted by atomic mass is 9.78. The number of carbonyl (C=O) groups is 1. The average Bonchev–Trinajstić information content (AvgIpc) is 2.67. The van der Waals surface area contributed by atoms with Crippen LogP contribution in [0.4, 0.5) is 0 Å². The maximum Gasteiger partial charge on any atom is 0.210 e. The Labute approximate surface area is 111 Å². The summed E-state index contributed by atoms with van der Waals surface area (Å²) in [6.07, 6.45) is 8.20. The number of nitrogens with one attached hydrogen (secondary N) is 1. The third-order valence-corrected chi connectivity index (χ3v) is 4.46. The second-order valence-corrected chi connectivity index (χ2v) is 7.45. The van der Waals surface area contributed by atoms with Crippen molar-refractivity contribution < 1.29 is 4.79 Å². The van der Waals surface area contributed by atoms with Crippen LogP contribution in [0.15, 0.2) is 0 Å². The van der Waals surface area contributed by atoms with Crippen LogP contribution in [-0.2, 0) is 4.79 Å². The highest BCUT2D eigenvalue weighted by molar-refractivity contribution is 5.49. The van der Waals surface area contributed by atoms with Crippen LogP contribution >= 0.6 is 0 Å². The van der Waals surface area contributed by atoms with Crippen LogP contribution in [-0.4, -0.2) is 34.5 Å². The van der Waals surface area contributed by atoms with Gasteiger partial charge in [0, 0.05) is 23.2 Å². The van der Waals surface area contributed by atoms with E-state index in [-0.39, 0.29) is 11.1 Å². The summed E-state index contributed by atoms with van der Waals surface area (Å²) >= 11 is 0. The highest BCUT2D eigenvalue weighted by atomic mass is 16.1. The van der Waals surface area contributed by atoms with Gasteiger partial charge in [0.2, 0.25) is 6.41 Å². The van der Waals surface area contributed by atoms with Crippen molar-refractivity contribution in [1.29, 1.82) is 0 Å². The van der Waals surface area contributed by atoms with Crippen molar-refractivity contribution >= 4 is 6.41 Å². The number of amides is 1. The summed E-state index contributed by atoms with van der Waals surface area (Å²) in [5.74, 6) is 0. The van der Waals surface area contributed by atoms with Gasteiger partial charge >= 0.3 is 0 Å². The minimum atomic E-state index is 0.117. The second kappa shape index (κ2) is 4.84. The Hall–Kier alpha value is -0.570. The molecule has 2 rings (SSSR count). The monoisotopic (exact) mass is 252 g/mol. The summed E-state index contributed by atoms with van der Waals surface area (Å²) in [7, 11) is 0. The fraction of sp³-hybridized carbons (Fsp3) is 0.933. The minimum Gasteiger partial charge on any atom is -0.339 e. The molecule has 0 aromatic carbocycles. The van der Waals surface area contributed by atoms with Crippen LogP contribution < -0.4 is 5.32 Å². The van der Waals surface area contributed by atoms with E-state index in [4.69, 9.17) is 0 Å².